The lowest BCUT2D eigenvalue weighted by Gasteiger charge is -2.39. The van der Waals surface area contributed by atoms with E-state index in [0.29, 0.717) is 31.1 Å². The second kappa shape index (κ2) is 12.4. The Hall–Kier alpha value is -0.0800. The molecule has 2 amide bonds. The van der Waals surface area contributed by atoms with E-state index in [2.05, 4.69) is 12.0 Å². The first kappa shape index (κ1) is 24.0. The molecule has 0 saturated carbocycles. The quantitative estimate of drug-likeness (QED) is 0.171. The molecule has 154 valence electrons. The van der Waals surface area contributed by atoms with Crippen LogP contribution in [0.1, 0.15) is 39.0 Å². The van der Waals surface area contributed by atoms with Gasteiger partial charge in [0.05, 0.1) is 6.61 Å². The predicted molar refractivity (Wildman–Crippen MR) is 104 cm³/mol. The van der Waals surface area contributed by atoms with E-state index in [1.165, 1.54) is 9.57 Å². The summed E-state index contributed by atoms with van der Waals surface area (Å²) in [5, 5.41) is 13.7. The number of hydroxylamine groups is 2. The second-order valence-corrected chi connectivity index (χ2v) is 9.11. The van der Waals surface area contributed by atoms with Gasteiger partial charge in [-0.15, -0.1) is 23.2 Å². The molecule has 8 nitrogen and oxygen atoms in total. The normalized spacial score (nSPS) is 23.2. The molecule has 1 fully saturated rings. The minimum Gasteiger partial charge on any atom is -0.326 e. The Kier molecular flexibility index (Phi) is 11.4. The van der Waals surface area contributed by atoms with Crippen molar-refractivity contribution in [1.29, 1.82) is 0 Å². The van der Waals surface area contributed by atoms with E-state index in [0.717, 1.165) is 25.7 Å². The standard InChI is InChI=1S/C15H31Cl2N4O4P/c1-3-4-5-6-10-19(2)15(22)21(23)14-7-13-25-26(24,18-14)20(11-8-16)12-9-17/h14,23H,3-13H2,1-2H3,(H,18,24). The highest BCUT2D eigenvalue weighted by Crippen LogP contribution is 2.49. The van der Waals surface area contributed by atoms with Crippen LogP contribution in [0.3, 0.4) is 0 Å². The average molecular weight is 433 g/mol. The predicted octanol–water partition coefficient (Wildman–Crippen LogP) is 3.53. The minimum absolute atomic E-state index is 0.153. The first-order valence-corrected chi connectivity index (χ1v) is 11.7. The molecule has 1 saturated heterocycles. The number of carbonyl (C=O) groups is 1. The van der Waals surface area contributed by atoms with E-state index in [4.69, 9.17) is 27.7 Å². The van der Waals surface area contributed by atoms with Crippen molar-refractivity contribution in [3.63, 3.8) is 0 Å². The van der Waals surface area contributed by atoms with Gasteiger partial charge in [0.1, 0.15) is 6.17 Å². The lowest BCUT2D eigenvalue weighted by molar-refractivity contribution is -0.101. The Morgan fingerprint density at radius 2 is 1.88 bits per heavy atom. The van der Waals surface area contributed by atoms with Crippen LogP contribution >= 0.6 is 30.9 Å². The van der Waals surface area contributed by atoms with E-state index in [9.17, 15) is 14.6 Å². The minimum atomic E-state index is -3.42. The zero-order valence-corrected chi connectivity index (χ0v) is 18.0. The number of nitrogens with zero attached hydrogens (tertiary/aromatic N) is 3. The van der Waals surface area contributed by atoms with Gasteiger partial charge in [-0.05, 0) is 6.42 Å². The maximum Gasteiger partial charge on any atom is 0.345 e. The Labute approximate surface area is 166 Å². The summed E-state index contributed by atoms with van der Waals surface area (Å²) in [5.74, 6) is 0.526. The van der Waals surface area contributed by atoms with Gasteiger partial charge in [0.2, 0.25) is 0 Å². The second-order valence-electron chi connectivity index (χ2n) is 6.23. The summed E-state index contributed by atoms with van der Waals surface area (Å²) in [4.78, 5) is 13.9. The molecule has 2 N–H and O–H groups in total. The number of nitrogens with one attached hydrogen (secondary N) is 1. The number of halogens is 2. The number of hydrogen-bond acceptors (Lipinski definition) is 4. The van der Waals surface area contributed by atoms with Crippen molar-refractivity contribution in [1.82, 2.24) is 19.7 Å². The van der Waals surface area contributed by atoms with Crippen LogP contribution in [0.15, 0.2) is 0 Å². The van der Waals surface area contributed by atoms with Crippen molar-refractivity contribution >= 4 is 36.9 Å². The van der Waals surface area contributed by atoms with Gasteiger partial charge in [0, 0.05) is 44.9 Å². The number of unbranched alkanes of at least 4 members (excludes halogenated alkanes) is 3. The van der Waals surface area contributed by atoms with Crippen molar-refractivity contribution in [3.8, 4) is 0 Å². The molecule has 0 aromatic carbocycles. The number of hydrogen-bond donors (Lipinski definition) is 2. The zero-order chi connectivity index (χ0) is 19.6. The molecule has 0 bridgehead atoms. The monoisotopic (exact) mass is 432 g/mol. The average Bonchev–Trinajstić information content (AvgIpc) is 2.63. The molecule has 11 heteroatoms. The highest BCUT2D eigenvalue weighted by Gasteiger charge is 2.40. The highest BCUT2D eigenvalue weighted by atomic mass is 35.5. The Bertz CT molecular complexity index is 469. The van der Waals surface area contributed by atoms with Gasteiger partial charge >= 0.3 is 13.7 Å². The number of urea groups is 1. The van der Waals surface area contributed by atoms with E-state index in [-0.39, 0.29) is 18.4 Å². The highest BCUT2D eigenvalue weighted by molar-refractivity contribution is 7.54. The van der Waals surface area contributed by atoms with Gasteiger partial charge < -0.3 is 9.42 Å². The van der Waals surface area contributed by atoms with Crippen LogP contribution < -0.4 is 5.09 Å². The van der Waals surface area contributed by atoms with E-state index in [1.807, 2.05) is 0 Å². The first-order valence-electron chi connectivity index (χ1n) is 9.02. The zero-order valence-electron chi connectivity index (χ0n) is 15.6. The molecule has 2 unspecified atom stereocenters. The topological polar surface area (TPSA) is 85.4 Å². The van der Waals surface area contributed by atoms with Crippen molar-refractivity contribution in [2.75, 3.05) is 45.0 Å². The summed E-state index contributed by atoms with van der Waals surface area (Å²) in [6.07, 6.45) is 3.68. The van der Waals surface area contributed by atoms with Gasteiger partial charge in [-0.1, -0.05) is 26.2 Å². The van der Waals surface area contributed by atoms with E-state index >= 15 is 0 Å². The Morgan fingerprint density at radius 3 is 2.46 bits per heavy atom. The fraction of sp³-hybridized carbons (Fsp3) is 0.933. The number of amides is 2. The SMILES string of the molecule is CCCCCCN(C)C(=O)N(O)C1CCOP(=O)(N(CCCl)CCCl)N1. The van der Waals surface area contributed by atoms with Crippen LogP contribution in [-0.2, 0) is 9.09 Å². The molecule has 1 rings (SSSR count). The molecule has 0 spiro atoms. The molecular weight excluding hydrogens is 402 g/mol. The number of alkyl halides is 2. The maximum atomic E-state index is 13.1. The number of carbonyl (C=O) groups excluding carboxylic acids is 1. The number of rotatable bonds is 11. The van der Waals surface area contributed by atoms with Crippen LogP contribution in [0.4, 0.5) is 4.79 Å². The van der Waals surface area contributed by atoms with Crippen molar-refractivity contribution in [2.45, 2.75) is 45.2 Å². The summed E-state index contributed by atoms with van der Waals surface area (Å²) < 4.78 is 20.0. The van der Waals surface area contributed by atoms with Gasteiger partial charge in [-0.25, -0.2) is 14.6 Å². The molecule has 0 aromatic rings. The largest absolute Gasteiger partial charge is 0.345 e. The third-order valence-electron chi connectivity index (χ3n) is 4.19. The maximum absolute atomic E-state index is 13.1. The molecule has 0 radical (unpaired) electrons. The molecule has 0 aromatic heterocycles. The smallest absolute Gasteiger partial charge is 0.326 e. The van der Waals surface area contributed by atoms with Crippen molar-refractivity contribution in [2.24, 2.45) is 0 Å². The summed E-state index contributed by atoms with van der Waals surface area (Å²) in [7, 11) is -1.78. The molecule has 1 aliphatic rings. The van der Waals surface area contributed by atoms with Crippen molar-refractivity contribution < 1.29 is 19.1 Å². The Morgan fingerprint density at radius 1 is 1.23 bits per heavy atom. The van der Waals surface area contributed by atoms with E-state index in [1.54, 1.807) is 7.05 Å². The summed E-state index contributed by atoms with van der Waals surface area (Å²) in [6.45, 7) is 3.48. The van der Waals surface area contributed by atoms with Gasteiger partial charge in [0.25, 0.3) is 0 Å². The fourth-order valence-corrected chi connectivity index (χ4v) is 5.41. The molecule has 26 heavy (non-hydrogen) atoms. The lowest BCUT2D eigenvalue weighted by Crippen LogP contribution is -2.54. The molecular formula is C15H31Cl2N4O4P. The molecule has 0 aliphatic carbocycles. The fourth-order valence-electron chi connectivity index (χ4n) is 2.67. The van der Waals surface area contributed by atoms with Crippen LogP contribution in [0.5, 0.6) is 0 Å². The summed E-state index contributed by atoms with van der Waals surface area (Å²) in [6, 6.07) is -0.534. The summed E-state index contributed by atoms with van der Waals surface area (Å²) >= 11 is 11.5. The third kappa shape index (κ3) is 7.15. The summed E-state index contributed by atoms with van der Waals surface area (Å²) in [5.41, 5.74) is 0. The molecule has 2 atom stereocenters. The molecule has 1 heterocycles. The van der Waals surface area contributed by atoms with Crippen LogP contribution in [-0.4, -0.2) is 77.1 Å². The van der Waals surface area contributed by atoms with Gasteiger partial charge in [-0.2, -0.15) is 5.06 Å². The van der Waals surface area contributed by atoms with Crippen molar-refractivity contribution in [3.05, 3.63) is 0 Å². The molecule has 1 aliphatic heterocycles. The van der Waals surface area contributed by atoms with Gasteiger partial charge in [0.15, 0.2) is 0 Å². The third-order valence-corrected chi connectivity index (χ3v) is 6.83. The van der Waals surface area contributed by atoms with Crippen LogP contribution in [0, 0.1) is 0 Å². The van der Waals surface area contributed by atoms with Crippen LogP contribution in [0.25, 0.3) is 0 Å². The van der Waals surface area contributed by atoms with Gasteiger partial charge in [-0.3, -0.25) is 9.77 Å². The first-order chi connectivity index (χ1) is 12.4. The van der Waals surface area contributed by atoms with Crippen LogP contribution in [0.2, 0.25) is 0 Å². The Balaban J connectivity index is 2.66. The van der Waals surface area contributed by atoms with E-state index < -0.39 is 19.9 Å². The lowest BCUT2D eigenvalue weighted by atomic mass is 10.2.